The van der Waals surface area contributed by atoms with E-state index < -0.39 is 0 Å². The van der Waals surface area contributed by atoms with Crippen molar-refractivity contribution in [1.29, 1.82) is 0 Å². The summed E-state index contributed by atoms with van der Waals surface area (Å²) >= 11 is 5.30. The van der Waals surface area contributed by atoms with Crippen molar-refractivity contribution < 1.29 is 14.3 Å². The molecule has 0 aliphatic heterocycles. The van der Waals surface area contributed by atoms with Crippen molar-refractivity contribution in [2.24, 2.45) is 0 Å². The average Bonchev–Trinajstić information content (AvgIpc) is 3.06. The van der Waals surface area contributed by atoms with E-state index in [1.807, 2.05) is 43.3 Å². The smallest absolute Gasteiger partial charge is 0.240 e. The summed E-state index contributed by atoms with van der Waals surface area (Å²) in [5.74, 6) is 1.80. The molecule has 0 radical (unpaired) electrons. The molecule has 1 heterocycles. The van der Waals surface area contributed by atoms with Gasteiger partial charge in [-0.2, -0.15) is 5.10 Å². The lowest BCUT2D eigenvalue weighted by molar-refractivity contribution is -0.121. The zero-order chi connectivity index (χ0) is 20.1. The molecule has 0 atom stereocenters. The van der Waals surface area contributed by atoms with Gasteiger partial charge in [0, 0.05) is 18.2 Å². The van der Waals surface area contributed by atoms with Gasteiger partial charge in [-0.15, -0.1) is 0 Å². The van der Waals surface area contributed by atoms with Crippen molar-refractivity contribution in [3.05, 3.63) is 58.4 Å². The number of nitrogens with one attached hydrogen (secondary N) is 2. The third-order valence-electron chi connectivity index (χ3n) is 4.24. The summed E-state index contributed by atoms with van der Waals surface area (Å²) in [7, 11) is 3.18. The molecule has 146 valence electrons. The summed E-state index contributed by atoms with van der Waals surface area (Å²) in [6.45, 7) is 2.42. The quantitative estimate of drug-likeness (QED) is 0.597. The molecule has 0 aliphatic rings. The molecule has 28 heavy (non-hydrogen) atoms. The van der Waals surface area contributed by atoms with Gasteiger partial charge in [0.25, 0.3) is 0 Å². The number of aryl methyl sites for hydroxylation is 1. The van der Waals surface area contributed by atoms with Gasteiger partial charge in [-0.05, 0) is 42.9 Å². The molecule has 0 unspecified atom stereocenters. The Labute approximate surface area is 168 Å². The number of aromatic amines is 1. The number of carbonyl (C=O) groups is 1. The average molecular weight is 398 g/mol. The second kappa shape index (κ2) is 8.71. The van der Waals surface area contributed by atoms with Gasteiger partial charge in [-0.25, -0.2) is 0 Å². The van der Waals surface area contributed by atoms with Crippen LogP contribution in [-0.4, -0.2) is 34.9 Å². The van der Waals surface area contributed by atoms with E-state index in [2.05, 4.69) is 15.5 Å². The van der Waals surface area contributed by atoms with Crippen LogP contribution < -0.4 is 14.8 Å². The fourth-order valence-corrected chi connectivity index (χ4v) is 3.03. The second-order valence-electron chi connectivity index (χ2n) is 6.31. The Kier molecular flexibility index (Phi) is 6.10. The SMILES string of the molecule is COc1cc(CNC(=O)Cn2c(-c3cccc(C)c3)n[nH]c2=S)cc(OC)c1. The van der Waals surface area contributed by atoms with Gasteiger partial charge in [0.2, 0.25) is 5.91 Å². The normalized spacial score (nSPS) is 10.5. The third-order valence-corrected chi connectivity index (χ3v) is 4.55. The molecule has 3 rings (SSSR count). The van der Waals surface area contributed by atoms with Gasteiger partial charge in [0.05, 0.1) is 14.2 Å². The fraction of sp³-hybridized carbons (Fsp3) is 0.250. The lowest BCUT2D eigenvalue weighted by Gasteiger charge is -2.11. The van der Waals surface area contributed by atoms with Crippen molar-refractivity contribution in [3.63, 3.8) is 0 Å². The van der Waals surface area contributed by atoms with Gasteiger partial charge in [0.1, 0.15) is 18.0 Å². The van der Waals surface area contributed by atoms with E-state index >= 15 is 0 Å². The van der Waals surface area contributed by atoms with Crippen LogP contribution in [0.4, 0.5) is 0 Å². The number of carbonyl (C=O) groups excluding carboxylic acids is 1. The Hall–Kier alpha value is -3.13. The van der Waals surface area contributed by atoms with Crippen molar-refractivity contribution in [2.45, 2.75) is 20.0 Å². The molecular formula is C20H22N4O3S. The van der Waals surface area contributed by atoms with E-state index in [9.17, 15) is 4.79 Å². The Morgan fingerprint density at radius 1 is 1.18 bits per heavy atom. The summed E-state index contributed by atoms with van der Waals surface area (Å²) in [5, 5.41) is 9.94. The van der Waals surface area contributed by atoms with Gasteiger partial charge < -0.3 is 14.8 Å². The maximum absolute atomic E-state index is 12.5. The predicted octanol–water partition coefficient (Wildman–Crippen LogP) is 3.25. The van der Waals surface area contributed by atoms with Crippen LogP contribution in [0, 0.1) is 11.7 Å². The molecule has 0 bridgehead atoms. The number of H-pyrrole nitrogens is 1. The summed E-state index contributed by atoms with van der Waals surface area (Å²) < 4.78 is 12.6. The van der Waals surface area contributed by atoms with Crippen molar-refractivity contribution in [3.8, 4) is 22.9 Å². The van der Waals surface area contributed by atoms with Crippen LogP contribution >= 0.6 is 12.2 Å². The van der Waals surface area contributed by atoms with E-state index in [0.29, 0.717) is 28.6 Å². The van der Waals surface area contributed by atoms with Crippen molar-refractivity contribution in [1.82, 2.24) is 20.1 Å². The predicted molar refractivity (Wildman–Crippen MR) is 109 cm³/mol. The maximum Gasteiger partial charge on any atom is 0.240 e. The number of rotatable bonds is 7. The van der Waals surface area contributed by atoms with E-state index in [0.717, 1.165) is 16.7 Å². The number of amides is 1. The van der Waals surface area contributed by atoms with Crippen LogP contribution in [0.5, 0.6) is 11.5 Å². The number of aromatic nitrogens is 3. The lowest BCUT2D eigenvalue weighted by Crippen LogP contribution is -2.27. The first kappa shape index (κ1) is 19.6. The fourth-order valence-electron chi connectivity index (χ4n) is 2.84. The molecule has 3 aromatic rings. The monoisotopic (exact) mass is 398 g/mol. The minimum Gasteiger partial charge on any atom is -0.497 e. The van der Waals surface area contributed by atoms with Gasteiger partial charge in [0.15, 0.2) is 10.6 Å². The molecule has 0 saturated carbocycles. The molecule has 0 saturated heterocycles. The molecule has 1 amide bonds. The topological polar surface area (TPSA) is 81.2 Å². The van der Waals surface area contributed by atoms with Crippen LogP contribution in [0.25, 0.3) is 11.4 Å². The number of hydrogen-bond donors (Lipinski definition) is 2. The Bertz CT molecular complexity index is 1020. The molecule has 0 aliphatic carbocycles. The summed E-state index contributed by atoms with van der Waals surface area (Å²) in [6, 6.07) is 13.4. The van der Waals surface area contributed by atoms with Crippen LogP contribution in [0.2, 0.25) is 0 Å². The minimum atomic E-state index is -0.173. The Morgan fingerprint density at radius 2 is 1.89 bits per heavy atom. The highest BCUT2D eigenvalue weighted by molar-refractivity contribution is 7.71. The number of hydrogen-bond acceptors (Lipinski definition) is 5. The van der Waals surface area contributed by atoms with E-state index in [4.69, 9.17) is 21.7 Å². The lowest BCUT2D eigenvalue weighted by atomic mass is 10.1. The largest absolute Gasteiger partial charge is 0.497 e. The van der Waals surface area contributed by atoms with Crippen LogP contribution in [0.1, 0.15) is 11.1 Å². The number of methoxy groups -OCH3 is 2. The maximum atomic E-state index is 12.5. The van der Waals surface area contributed by atoms with Crippen LogP contribution in [0.15, 0.2) is 42.5 Å². The van der Waals surface area contributed by atoms with E-state index in [-0.39, 0.29) is 12.5 Å². The number of benzene rings is 2. The molecule has 0 spiro atoms. The number of nitrogens with zero attached hydrogens (tertiary/aromatic N) is 2. The number of ether oxygens (including phenoxy) is 2. The van der Waals surface area contributed by atoms with Crippen LogP contribution in [0.3, 0.4) is 0 Å². The molecule has 2 N–H and O–H groups in total. The Morgan fingerprint density at radius 3 is 2.54 bits per heavy atom. The highest BCUT2D eigenvalue weighted by Crippen LogP contribution is 2.22. The first-order valence-electron chi connectivity index (χ1n) is 8.71. The van der Waals surface area contributed by atoms with E-state index in [1.165, 1.54) is 0 Å². The molecule has 0 fully saturated rings. The van der Waals surface area contributed by atoms with Crippen molar-refractivity contribution in [2.75, 3.05) is 14.2 Å². The first-order chi connectivity index (χ1) is 13.5. The van der Waals surface area contributed by atoms with Gasteiger partial charge >= 0.3 is 0 Å². The molecular weight excluding hydrogens is 376 g/mol. The zero-order valence-electron chi connectivity index (χ0n) is 16.0. The minimum absolute atomic E-state index is 0.0692. The molecule has 2 aromatic carbocycles. The third kappa shape index (κ3) is 4.58. The Balaban J connectivity index is 1.73. The van der Waals surface area contributed by atoms with Gasteiger partial charge in [-0.1, -0.05) is 23.8 Å². The van der Waals surface area contributed by atoms with E-state index in [1.54, 1.807) is 24.9 Å². The first-order valence-corrected chi connectivity index (χ1v) is 9.12. The molecule has 1 aromatic heterocycles. The summed E-state index contributed by atoms with van der Waals surface area (Å²) in [6.07, 6.45) is 0. The summed E-state index contributed by atoms with van der Waals surface area (Å²) in [4.78, 5) is 12.5. The van der Waals surface area contributed by atoms with Crippen LogP contribution in [-0.2, 0) is 17.9 Å². The summed E-state index contributed by atoms with van der Waals surface area (Å²) in [5.41, 5.74) is 2.88. The molecule has 7 nitrogen and oxygen atoms in total. The van der Waals surface area contributed by atoms with Crippen molar-refractivity contribution >= 4 is 18.1 Å². The van der Waals surface area contributed by atoms with Gasteiger partial charge in [-0.3, -0.25) is 14.5 Å². The highest BCUT2D eigenvalue weighted by atomic mass is 32.1. The standard InChI is InChI=1S/C20H22N4O3S/c1-13-5-4-6-15(7-13)19-22-23-20(28)24(19)12-18(25)21-11-14-8-16(26-2)10-17(9-14)27-3/h4-10H,11-12H2,1-3H3,(H,21,25)(H,23,28). The molecule has 8 heteroatoms. The second-order valence-corrected chi connectivity index (χ2v) is 6.69. The zero-order valence-corrected chi connectivity index (χ0v) is 16.8. The highest BCUT2D eigenvalue weighted by Gasteiger charge is 2.13.